The van der Waals surface area contributed by atoms with Crippen molar-refractivity contribution >= 4 is 11.9 Å². The molecule has 0 unspecified atom stereocenters. The van der Waals surface area contributed by atoms with E-state index in [9.17, 15) is 4.79 Å². The lowest BCUT2D eigenvalue weighted by atomic mass is 10.2. The summed E-state index contributed by atoms with van der Waals surface area (Å²) in [7, 11) is 0. The van der Waals surface area contributed by atoms with Crippen molar-refractivity contribution in [3.8, 4) is 0 Å². The second-order valence-corrected chi connectivity index (χ2v) is 4.39. The Morgan fingerprint density at radius 1 is 1.15 bits per heavy atom. The number of anilines is 1. The van der Waals surface area contributed by atoms with Crippen molar-refractivity contribution in [3.05, 3.63) is 53.9 Å². The predicted molar refractivity (Wildman–Crippen MR) is 78.4 cm³/mol. The van der Waals surface area contributed by atoms with Gasteiger partial charge in [0.2, 0.25) is 5.95 Å². The Morgan fingerprint density at radius 2 is 1.85 bits per heavy atom. The maximum Gasteiger partial charge on any atom is 0.254 e. The van der Waals surface area contributed by atoms with Crippen LogP contribution in [0, 0.1) is 0 Å². The van der Waals surface area contributed by atoms with Crippen LogP contribution in [0.4, 0.5) is 5.95 Å². The normalized spacial score (nSPS) is 10.1. The van der Waals surface area contributed by atoms with Crippen molar-refractivity contribution in [2.24, 2.45) is 0 Å². The molecule has 104 valence electrons. The standard InChI is InChI=1S/C15H18N4O/c1-2-8-16-14(20)13-10-18-15(19-11-13)17-9-12-6-4-3-5-7-12/h3-7,10-11H,2,8-9H2,1H3,(H,16,20)(H,17,18,19). The van der Waals surface area contributed by atoms with Crippen LogP contribution in [-0.4, -0.2) is 22.4 Å². The first-order valence-corrected chi connectivity index (χ1v) is 6.67. The number of rotatable bonds is 6. The average Bonchev–Trinajstić information content (AvgIpc) is 2.52. The monoisotopic (exact) mass is 270 g/mol. The zero-order valence-electron chi connectivity index (χ0n) is 11.5. The van der Waals surface area contributed by atoms with Crippen LogP contribution in [0.3, 0.4) is 0 Å². The lowest BCUT2D eigenvalue weighted by Crippen LogP contribution is -2.24. The number of carbonyl (C=O) groups is 1. The van der Waals surface area contributed by atoms with E-state index in [1.54, 1.807) is 0 Å². The quantitative estimate of drug-likeness (QED) is 0.844. The van der Waals surface area contributed by atoms with Crippen LogP contribution >= 0.6 is 0 Å². The third-order valence-corrected chi connectivity index (χ3v) is 2.74. The molecule has 0 spiro atoms. The summed E-state index contributed by atoms with van der Waals surface area (Å²) in [5, 5.41) is 5.90. The van der Waals surface area contributed by atoms with Gasteiger partial charge in [-0.25, -0.2) is 9.97 Å². The van der Waals surface area contributed by atoms with Crippen LogP contribution in [0.2, 0.25) is 0 Å². The van der Waals surface area contributed by atoms with E-state index in [-0.39, 0.29) is 5.91 Å². The first-order valence-electron chi connectivity index (χ1n) is 6.67. The minimum Gasteiger partial charge on any atom is -0.352 e. The first kappa shape index (κ1) is 14.0. The fraction of sp³-hybridized carbons (Fsp3) is 0.267. The molecule has 0 fully saturated rings. The topological polar surface area (TPSA) is 66.9 Å². The molecule has 20 heavy (non-hydrogen) atoms. The molecule has 1 aromatic carbocycles. The van der Waals surface area contributed by atoms with E-state index in [2.05, 4.69) is 20.6 Å². The van der Waals surface area contributed by atoms with Gasteiger partial charge in [0.05, 0.1) is 5.56 Å². The second-order valence-electron chi connectivity index (χ2n) is 4.39. The highest BCUT2D eigenvalue weighted by Gasteiger charge is 2.05. The van der Waals surface area contributed by atoms with Gasteiger partial charge >= 0.3 is 0 Å². The Balaban J connectivity index is 1.90. The molecule has 0 bridgehead atoms. The van der Waals surface area contributed by atoms with E-state index in [0.717, 1.165) is 12.0 Å². The molecule has 1 aromatic heterocycles. The van der Waals surface area contributed by atoms with Crippen molar-refractivity contribution in [2.75, 3.05) is 11.9 Å². The molecule has 1 heterocycles. The van der Waals surface area contributed by atoms with Crippen molar-refractivity contribution in [1.82, 2.24) is 15.3 Å². The summed E-state index contributed by atoms with van der Waals surface area (Å²) >= 11 is 0. The molecule has 0 aliphatic rings. The van der Waals surface area contributed by atoms with Gasteiger partial charge in [-0.1, -0.05) is 37.3 Å². The number of nitrogens with one attached hydrogen (secondary N) is 2. The maximum atomic E-state index is 11.7. The molecule has 2 aromatic rings. The van der Waals surface area contributed by atoms with E-state index in [4.69, 9.17) is 0 Å². The molecule has 0 saturated heterocycles. The molecule has 1 amide bonds. The molecule has 2 rings (SSSR count). The minimum absolute atomic E-state index is 0.138. The van der Waals surface area contributed by atoms with Crippen LogP contribution < -0.4 is 10.6 Å². The number of hydrogen-bond donors (Lipinski definition) is 2. The Morgan fingerprint density at radius 3 is 2.50 bits per heavy atom. The van der Waals surface area contributed by atoms with E-state index in [1.165, 1.54) is 12.4 Å². The van der Waals surface area contributed by atoms with Crippen LogP contribution in [0.15, 0.2) is 42.7 Å². The number of benzene rings is 1. The molecule has 0 radical (unpaired) electrons. The number of carbonyl (C=O) groups excluding carboxylic acids is 1. The van der Waals surface area contributed by atoms with Crippen molar-refractivity contribution < 1.29 is 4.79 Å². The van der Waals surface area contributed by atoms with E-state index in [1.807, 2.05) is 37.3 Å². The van der Waals surface area contributed by atoms with Crippen molar-refractivity contribution in [2.45, 2.75) is 19.9 Å². The summed E-state index contributed by atoms with van der Waals surface area (Å²) in [4.78, 5) is 20.0. The SMILES string of the molecule is CCCNC(=O)c1cnc(NCc2ccccc2)nc1. The minimum atomic E-state index is -0.138. The van der Waals surface area contributed by atoms with E-state index >= 15 is 0 Å². The average molecular weight is 270 g/mol. The maximum absolute atomic E-state index is 11.7. The van der Waals surface area contributed by atoms with Gasteiger partial charge in [-0.3, -0.25) is 4.79 Å². The molecule has 0 atom stereocenters. The number of nitrogens with zero attached hydrogens (tertiary/aromatic N) is 2. The van der Waals surface area contributed by atoms with Crippen LogP contribution in [-0.2, 0) is 6.54 Å². The third kappa shape index (κ3) is 4.05. The summed E-state index contributed by atoms with van der Waals surface area (Å²) in [6, 6.07) is 10.0. The molecule has 0 saturated carbocycles. The molecule has 0 aliphatic heterocycles. The van der Waals surface area contributed by atoms with Gasteiger partial charge in [0.15, 0.2) is 0 Å². The highest BCUT2D eigenvalue weighted by molar-refractivity contribution is 5.93. The van der Waals surface area contributed by atoms with Gasteiger partial charge in [-0.05, 0) is 12.0 Å². The predicted octanol–water partition coefficient (Wildman–Crippen LogP) is 2.23. The highest BCUT2D eigenvalue weighted by Crippen LogP contribution is 2.04. The van der Waals surface area contributed by atoms with Gasteiger partial charge in [-0.15, -0.1) is 0 Å². The first-order chi connectivity index (χ1) is 9.79. The molecule has 5 nitrogen and oxygen atoms in total. The van der Waals surface area contributed by atoms with Crippen LogP contribution in [0.5, 0.6) is 0 Å². The van der Waals surface area contributed by atoms with Crippen molar-refractivity contribution in [3.63, 3.8) is 0 Å². The summed E-state index contributed by atoms with van der Waals surface area (Å²) in [6.45, 7) is 3.32. The summed E-state index contributed by atoms with van der Waals surface area (Å²) < 4.78 is 0. The summed E-state index contributed by atoms with van der Waals surface area (Å²) in [5.74, 6) is 0.377. The molecule has 5 heteroatoms. The number of amides is 1. The summed E-state index contributed by atoms with van der Waals surface area (Å²) in [5.41, 5.74) is 1.63. The van der Waals surface area contributed by atoms with E-state index < -0.39 is 0 Å². The largest absolute Gasteiger partial charge is 0.352 e. The Hall–Kier alpha value is -2.43. The van der Waals surface area contributed by atoms with Crippen LogP contribution in [0.25, 0.3) is 0 Å². The number of hydrogen-bond acceptors (Lipinski definition) is 4. The smallest absolute Gasteiger partial charge is 0.254 e. The fourth-order valence-corrected chi connectivity index (χ4v) is 1.65. The van der Waals surface area contributed by atoms with Gasteiger partial charge in [0, 0.05) is 25.5 Å². The zero-order chi connectivity index (χ0) is 14.2. The molecule has 2 N–H and O–H groups in total. The Kier molecular flexibility index (Phi) is 5.06. The number of aromatic nitrogens is 2. The van der Waals surface area contributed by atoms with Gasteiger partial charge in [0.1, 0.15) is 0 Å². The lowest BCUT2D eigenvalue weighted by molar-refractivity contribution is 0.0953. The Labute approximate surface area is 118 Å². The van der Waals surface area contributed by atoms with Crippen LogP contribution in [0.1, 0.15) is 29.3 Å². The highest BCUT2D eigenvalue weighted by atomic mass is 16.1. The lowest BCUT2D eigenvalue weighted by Gasteiger charge is -2.06. The fourth-order valence-electron chi connectivity index (χ4n) is 1.65. The third-order valence-electron chi connectivity index (χ3n) is 2.74. The molecular weight excluding hydrogens is 252 g/mol. The summed E-state index contributed by atoms with van der Waals surface area (Å²) in [6.07, 6.45) is 3.97. The van der Waals surface area contributed by atoms with Gasteiger partial charge in [0.25, 0.3) is 5.91 Å². The van der Waals surface area contributed by atoms with Crippen molar-refractivity contribution in [1.29, 1.82) is 0 Å². The molecule has 0 aliphatic carbocycles. The van der Waals surface area contributed by atoms with Gasteiger partial charge < -0.3 is 10.6 Å². The Bertz CT molecular complexity index is 540. The van der Waals surface area contributed by atoms with Gasteiger partial charge in [-0.2, -0.15) is 0 Å². The van der Waals surface area contributed by atoms with E-state index in [0.29, 0.717) is 24.6 Å². The second kappa shape index (κ2) is 7.23. The molecular formula is C15H18N4O. The zero-order valence-corrected chi connectivity index (χ0v) is 11.5.